The standard InChI is InChI=1S/C33H36N2O4/c1-20-22(3)35(19-24-9-14-29(15-10-24)39-23(4)33(37)38-5)31-16-13-28(18-30(20)31)32(36)34-21(2)26-7-6-8-27(17-26)25-11-12-25/h6-10,13-18,21,23,25H,11-12,19H2,1-5H3,(H,34,36). The van der Waals surface area contributed by atoms with E-state index in [9.17, 15) is 9.59 Å². The van der Waals surface area contributed by atoms with Gasteiger partial charge in [0.05, 0.1) is 13.2 Å². The van der Waals surface area contributed by atoms with E-state index in [1.807, 2.05) is 49.4 Å². The number of nitrogens with one attached hydrogen (secondary N) is 1. The van der Waals surface area contributed by atoms with Crippen LogP contribution < -0.4 is 10.1 Å². The van der Waals surface area contributed by atoms with Gasteiger partial charge in [0.2, 0.25) is 0 Å². The maximum atomic E-state index is 13.2. The Balaban J connectivity index is 1.31. The number of carbonyl (C=O) groups excluding carboxylic acids is 2. The summed E-state index contributed by atoms with van der Waals surface area (Å²) in [7, 11) is 1.35. The first kappa shape index (κ1) is 26.5. The van der Waals surface area contributed by atoms with Gasteiger partial charge in [0.25, 0.3) is 5.91 Å². The van der Waals surface area contributed by atoms with E-state index in [4.69, 9.17) is 9.47 Å². The lowest BCUT2D eigenvalue weighted by Gasteiger charge is -2.16. The molecule has 202 valence electrons. The second kappa shape index (κ2) is 11.0. The van der Waals surface area contributed by atoms with Crippen LogP contribution in [0.1, 0.15) is 77.0 Å². The van der Waals surface area contributed by atoms with Crippen molar-refractivity contribution >= 4 is 22.8 Å². The van der Waals surface area contributed by atoms with Gasteiger partial charge in [-0.05, 0) is 99.0 Å². The Hall–Kier alpha value is -4.06. The molecule has 5 rings (SSSR count). The van der Waals surface area contributed by atoms with Crippen LogP contribution in [-0.2, 0) is 16.1 Å². The number of fused-ring (bicyclic) bond motifs is 1. The van der Waals surface area contributed by atoms with Gasteiger partial charge in [-0.3, -0.25) is 4.79 Å². The van der Waals surface area contributed by atoms with Crippen molar-refractivity contribution in [3.05, 3.63) is 100 Å². The molecular weight excluding hydrogens is 488 g/mol. The molecule has 1 aliphatic rings. The van der Waals surface area contributed by atoms with Gasteiger partial charge in [0.1, 0.15) is 5.75 Å². The molecule has 2 atom stereocenters. The van der Waals surface area contributed by atoms with Crippen LogP contribution in [0, 0.1) is 13.8 Å². The lowest BCUT2D eigenvalue weighted by Crippen LogP contribution is -2.26. The number of hydrogen-bond acceptors (Lipinski definition) is 4. The maximum absolute atomic E-state index is 13.2. The third-order valence-corrected chi connectivity index (χ3v) is 7.82. The Morgan fingerprint density at radius 2 is 1.74 bits per heavy atom. The van der Waals surface area contributed by atoms with Crippen LogP contribution in [0.25, 0.3) is 10.9 Å². The highest BCUT2D eigenvalue weighted by Gasteiger charge is 2.24. The van der Waals surface area contributed by atoms with Crippen LogP contribution in [0.5, 0.6) is 5.75 Å². The smallest absolute Gasteiger partial charge is 0.346 e. The number of aromatic nitrogens is 1. The first-order valence-electron chi connectivity index (χ1n) is 13.6. The maximum Gasteiger partial charge on any atom is 0.346 e. The van der Waals surface area contributed by atoms with Crippen LogP contribution in [0.15, 0.2) is 66.7 Å². The average Bonchev–Trinajstić information content (AvgIpc) is 3.78. The number of hydrogen-bond donors (Lipinski definition) is 1. The van der Waals surface area contributed by atoms with Crippen molar-refractivity contribution < 1.29 is 19.1 Å². The largest absolute Gasteiger partial charge is 0.479 e. The first-order chi connectivity index (χ1) is 18.7. The summed E-state index contributed by atoms with van der Waals surface area (Å²) >= 11 is 0. The number of amides is 1. The molecule has 1 N–H and O–H groups in total. The number of aryl methyl sites for hydroxylation is 1. The molecule has 39 heavy (non-hydrogen) atoms. The van der Waals surface area contributed by atoms with E-state index in [1.165, 1.54) is 25.5 Å². The number of esters is 1. The lowest BCUT2D eigenvalue weighted by molar-refractivity contribution is -0.147. The van der Waals surface area contributed by atoms with Crippen LogP contribution in [0.2, 0.25) is 0 Å². The number of nitrogens with zero attached hydrogens (tertiary/aromatic N) is 1. The van der Waals surface area contributed by atoms with Crippen molar-refractivity contribution in [1.82, 2.24) is 9.88 Å². The highest BCUT2D eigenvalue weighted by Crippen LogP contribution is 2.40. The van der Waals surface area contributed by atoms with Crippen molar-refractivity contribution in [2.75, 3.05) is 7.11 Å². The van der Waals surface area contributed by atoms with Gasteiger partial charge in [0, 0.05) is 28.7 Å². The highest BCUT2D eigenvalue weighted by atomic mass is 16.6. The Morgan fingerprint density at radius 3 is 2.44 bits per heavy atom. The van der Waals surface area contributed by atoms with E-state index in [0.29, 0.717) is 23.8 Å². The molecule has 3 aromatic carbocycles. The Bertz CT molecular complexity index is 1510. The second-order valence-electron chi connectivity index (χ2n) is 10.6. The zero-order chi connectivity index (χ0) is 27.7. The molecule has 0 bridgehead atoms. The van der Waals surface area contributed by atoms with Crippen LogP contribution in [0.3, 0.4) is 0 Å². The third kappa shape index (κ3) is 5.70. The summed E-state index contributed by atoms with van der Waals surface area (Å²) in [4.78, 5) is 24.8. The minimum Gasteiger partial charge on any atom is -0.479 e. The van der Waals surface area contributed by atoms with E-state index < -0.39 is 12.1 Å². The zero-order valence-electron chi connectivity index (χ0n) is 23.3. The molecule has 1 aliphatic carbocycles. The molecule has 0 saturated heterocycles. The van der Waals surface area contributed by atoms with Crippen molar-refractivity contribution in [1.29, 1.82) is 0 Å². The molecule has 0 radical (unpaired) electrons. The minimum atomic E-state index is -0.665. The van der Waals surface area contributed by atoms with Gasteiger partial charge < -0.3 is 19.4 Å². The van der Waals surface area contributed by atoms with E-state index in [1.54, 1.807) is 6.92 Å². The van der Waals surface area contributed by atoms with Crippen molar-refractivity contribution in [3.8, 4) is 5.75 Å². The normalized spacial score (nSPS) is 14.6. The van der Waals surface area contributed by atoms with Crippen molar-refractivity contribution in [2.24, 2.45) is 0 Å². The monoisotopic (exact) mass is 524 g/mol. The van der Waals surface area contributed by atoms with Gasteiger partial charge in [-0.15, -0.1) is 0 Å². The molecule has 6 nitrogen and oxygen atoms in total. The molecule has 2 unspecified atom stereocenters. The molecular formula is C33H36N2O4. The summed E-state index contributed by atoms with van der Waals surface area (Å²) in [5.41, 5.74) is 7.70. The molecule has 1 heterocycles. The number of carbonyl (C=O) groups is 2. The van der Waals surface area contributed by atoms with E-state index in [2.05, 4.69) is 48.0 Å². The topological polar surface area (TPSA) is 69.6 Å². The summed E-state index contributed by atoms with van der Waals surface area (Å²) in [6, 6.07) is 22.2. The molecule has 1 amide bonds. The Morgan fingerprint density at radius 1 is 1.00 bits per heavy atom. The number of ether oxygens (including phenoxy) is 2. The summed E-state index contributed by atoms with van der Waals surface area (Å²) in [6.07, 6.45) is 1.86. The molecule has 1 fully saturated rings. The summed E-state index contributed by atoms with van der Waals surface area (Å²) in [5, 5.41) is 4.27. The minimum absolute atomic E-state index is 0.0669. The van der Waals surface area contributed by atoms with E-state index in [-0.39, 0.29) is 11.9 Å². The summed E-state index contributed by atoms with van der Waals surface area (Å²) in [6.45, 7) is 8.61. The SMILES string of the molecule is COC(=O)C(C)Oc1ccc(Cn2c(C)c(C)c3cc(C(=O)NC(C)c4cccc(C5CC5)c4)ccc32)cc1. The van der Waals surface area contributed by atoms with E-state index >= 15 is 0 Å². The van der Waals surface area contributed by atoms with E-state index in [0.717, 1.165) is 33.3 Å². The van der Waals surface area contributed by atoms with Gasteiger partial charge in [-0.25, -0.2) is 4.79 Å². The number of methoxy groups -OCH3 is 1. The quantitative estimate of drug-likeness (QED) is 0.250. The van der Waals surface area contributed by atoms with Gasteiger partial charge >= 0.3 is 5.97 Å². The lowest BCUT2D eigenvalue weighted by atomic mass is 10.0. The molecule has 0 aliphatic heterocycles. The number of benzene rings is 3. The van der Waals surface area contributed by atoms with Gasteiger partial charge in [-0.2, -0.15) is 0 Å². The highest BCUT2D eigenvalue weighted by molar-refractivity contribution is 5.99. The predicted octanol–water partition coefficient (Wildman–Crippen LogP) is 6.62. The Labute approximate surface area is 229 Å². The fraction of sp³-hybridized carbons (Fsp3) is 0.333. The predicted molar refractivity (Wildman–Crippen MR) is 153 cm³/mol. The van der Waals surface area contributed by atoms with Gasteiger partial charge in [0.15, 0.2) is 6.10 Å². The van der Waals surface area contributed by atoms with Crippen LogP contribution >= 0.6 is 0 Å². The molecule has 4 aromatic rings. The first-order valence-corrected chi connectivity index (χ1v) is 13.6. The fourth-order valence-electron chi connectivity index (χ4n) is 5.13. The molecule has 0 spiro atoms. The van der Waals surface area contributed by atoms with Crippen LogP contribution in [-0.4, -0.2) is 29.7 Å². The molecule has 6 heteroatoms. The third-order valence-electron chi connectivity index (χ3n) is 7.82. The zero-order valence-corrected chi connectivity index (χ0v) is 23.3. The van der Waals surface area contributed by atoms with Gasteiger partial charge in [-0.1, -0.05) is 36.4 Å². The summed E-state index contributed by atoms with van der Waals surface area (Å²) in [5.74, 6) is 0.829. The molecule has 1 saturated carbocycles. The fourth-order valence-corrected chi connectivity index (χ4v) is 5.13. The Kier molecular flexibility index (Phi) is 7.47. The van der Waals surface area contributed by atoms with Crippen molar-refractivity contribution in [3.63, 3.8) is 0 Å². The van der Waals surface area contributed by atoms with Crippen LogP contribution in [0.4, 0.5) is 0 Å². The number of rotatable bonds is 9. The summed E-state index contributed by atoms with van der Waals surface area (Å²) < 4.78 is 12.7. The second-order valence-corrected chi connectivity index (χ2v) is 10.6. The van der Waals surface area contributed by atoms with Crippen molar-refractivity contribution in [2.45, 2.75) is 65.1 Å². The average molecular weight is 525 g/mol. The molecule has 1 aromatic heterocycles.